The van der Waals surface area contributed by atoms with Crippen LogP contribution in [0.4, 0.5) is 4.39 Å². The van der Waals surface area contributed by atoms with Gasteiger partial charge < -0.3 is 9.42 Å². The maximum Gasteiger partial charge on any atom is 0.258 e. The Morgan fingerprint density at radius 2 is 2.07 bits per heavy atom. The molecule has 2 aliphatic rings. The second kappa shape index (κ2) is 7.06. The predicted molar refractivity (Wildman–Crippen MR) is 104 cm³/mol. The van der Waals surface area contributed by atoms with E-state index in [-0.39, 0.29) is 11.7 Å². The van der Waals surface area contributed by atoms with Gasteiger partial charge in [-0.3, -0.25) is 9.78 Å². The zero-order valence-corrected chi connectivity index (χ0v) is 16.2. The molecule has 0 N–H and O–H groups in total. The summed E-state index contributed by atoms with van der Waals surface area (Å²) >= 11 is 0. The van der Waals surface area contributed by atoms with E-state index < -0.39 is 0 Å². The number of hydrogen-bond donors (Lipinski definition) is 0. The molecular weight excluding hydrogens is 371 g/mol. The first-order valence-corrected chi connectivity index (χ1v) is 9.93. The van der Waals surface area contributed by atoms with Gasteiger partial charge in [0, 0.05) is 42.5 Å². The van der Waals surface area contributed by atoms with Gasteiger partial charge in [-0.25, -0.2) is 4.39 Å². The van der Waals surface area contributed by atoms with E-state index in [1.54, 1.807) is 12.1 Å². The van der Waals surface area contributed by atoms with Crippen molar-refractivity contribution in [2.24, 2.45) is 5.92 Å². The highest BCUT2D eigenvalue weighted by molar-refractivity contribution is 5.77. The van der Waals surface area contributed by atoms with Crippen molar-refractivity contribution in [3.05, 3.63) is 53.1 Å². The van der Waals surface area contributed by atoms with Crippen LogP contribution in [0.2, 0.25) is 0 Å². The summed E-state index contributed by atoms with van der Waals surface area (Å²) in [4.78, 5) is 23.5. The number of rotatable bonds is 4. The highest BCUT2D eigenvalue weighted by atomic mass is 19.1. The summed E-state index contributed by atoms with van der Waals surface area (Å²) in [6, 6.07) is 5.95. The van der Waals surface area contributed by atoms with Crippen LogP contribution in [0.25, 0.3) is 22.8 Å². The Balaban J connectivity index is 1.44. The molecule has 3 heterocycles. The van der Waals surface area contributed by atoms with E-state index in [0.717, 1.165) is 28.8 Å². The van der Waals surface area contributed by atoms with E-state index in [9.17, 15) is 9.18 Å². The summed E-state index contributed by atoms with van der Waals surface area (Å²) in [5.41, 5.74) is 4.52. The van der Waals surface area contributed by atoms with Gasteiger partial charge >= 0.3 is 0 Å². The van der Waals surface area contributed by atoms with Gasteiger partial charge in [-0.1, -0.05) is 5.16 Å². The van der Waals surface area contributed by atoms with Crippen LogP contribution in [0.1, 0.15) is 36.1 Å². The quantitative estimate of drug-likeness (QED) is 0.673. The molecule has 1 fully saturated rings. The topological polar surface area (TPSA) is 72.1 Å². The van der Waals surface area contributed by atoms with Crippen LogP contribution in [0.15, 0.2) is 35.0 Å². The standard InChI is InChI=1S/C22H21FN4O2/c1-13-20(21-25-22(29-26-21)15-4-6-17(23)7-5-15)18-8-9-27(12-16(18)11-24-13)19(28)10-14-2-3-14/h4-7,11,14H,2-3,8-10,12H2,1H3. The Labute approximate surface area is 167 Å². The molecular formula is C22H21FN4O2. The van der Waals surface area contributed by atoms with Gasteiger partial charge in [0.25, 0.3) is 5.89 Å². The van der Waals surface area contributed by atoms with Gasteiger partial charge in [0.05, 0.1) is 0 Å². The summed E-state index contributed by atoms with van der Waals surface area (Å²) < 4.78 is 18.6. The number of nitrogens with zero attached hydrogens (tertiary/aromatic N) is 4. The lowest BCUT2D eigenvalue weighted by atomic mass is 9.94. The van der Waals surface area contributed by atoms with Gasteiger partial charge in [0.15, 0.2) is 0 Å². The lowest BCUT2D eigenvalue weighted by Crippen LogP contribution is -2.36. The summed E-state index contributed by atoms with van der Waals surface area (Å²) in [7, 11) is 0. The maximum atomic E-state index is 13.2. The molecule has 1 amide bonds. The maximum absolute atomic E-state index is 13.2. The lowest BCUT2D eigenvalue weighted by Gasteiger charge is -2.30. The monoisotopic (exact) mass is 392 g/mol. The van der Waals surface area contributed by atoms with Crippen molar-refractivity contribution in [1.82, 2.24) is 20.0 Å². The largest absolute Gasteiger partial charge is 0.338 e. The van der Waals surface area contributed by atoms with Crippen LogP contribution in [-0.4, -0.2) is 32.5 Å². The number of amides is 1. The molecule has 5 rings (SSSR count). The second-order valence-corrected chi connectivity index (χ2v) is 7.87. The van der Waals surface area contributed by atoms with E-state index in [1.165, 1.54) is 25.0 Å². The number of aryl methyl sites for hydroxylation is 1. The molecule has 29 heavy (non-hydrogen) atoms. The molecule has 0 unspecified atom stereocenters. The fourth-order valence-electron chi connectivity index (χ4n) is 3.89. The zero-order chi connectivity index (χ0) is 20.0. The van der Waals surface area contributed by atoms with E-state index in [0.29, 0.717) is 42.7 Å². The number of carbonyl (C=O) groups is 1. The van der Waals surface area contributed by atoms with Crippen LogP contribution in [0, 0.1) is 18.7 Å². The van der Waals surface area contributed by atoms with E-state index in [4.69, 9.17) is 4.52 Å². The fourth-order valence-corrected chi connectivity index (χ4v) is 3.89. The minimum absolute atomic E-state index is 0.235. The molecule has 0 bridgehead atoms. The normalized spacial score (nSPS) is 16.0. The molecule has 0 spiro atoms. The Morgan fingerprint density at radius 3 is 2.83 bits per heavy atom. The van der Waals surface area contributed by atoms with Gasteiger partial charge in [0.2, 0.25) is 11.7 Å². The average molecular weight is 392 g/mol. The third-order valence-corrected chi connectivity index (χ3v) is 5.71. The van der Waals surface area contributed by atoms with Gasteiger partial charge in [0.1, 0.15) is 5.82 Å². The minimum atomic E-state index is -0.313. The van der Waals surface area contributed by atoms with E-state index in [2.05, 4.69) is 15.1 Å². The van der Waals surface area contributed by atoms with Crippen molar-refractivity contribution in [3.63, 3.8) is 0 Å². The number of aromatic nitrogens is 3. The number of fused-ring (bicyclic) bond motifs is 1. The minimum Gasteiger partial charge on any atom is -0.338 e. The van der Waals surface area contributed by atoms with E-state index >= 15 is 0 Å². The number of pyridine rings is 1. The van der Waals surface area contributed by atoms with Crippen molar-refractivity contribution in [2.45, 2.75) is 39.2 Å². The Kier molecular flexibility index (Phi) is 4.38. The fraction of sp³-hybridized carbons (Fsp3) is 0.364. The van der Waals surface area contributed by atoms with Crippen molar-refractivity contribution in [1.29, 1.82) is 0 Å². The van der Waals surface area contributed by atoms with Crippen molar-refractivity contribution in [3.8, 4) is 22.8 Å². The Bertz CT molecular complexity index is 1070. The second-order valence-electron chi connectivity index (χ2n) is 7.87. The number of benzene rings is 1. The SMILES string of the molecule is Cc1ncc2c(c1-c1noc(-c3ccc(F)cc3)n1)CCN(C(=O)CC1CC1)C2. The molecule has 2 aromatic heterocycles. The van der Waals surface area contributed by atoms with Crippen molar-refractivity contribution in [2.75, 3.05) is 6.54 Å². The smallest absolute Gasteiger partial charge is 0.258 e. The Morgan fingerprint density at radius 1 is 1.28 bits per heavy atom. The van der Waals surface area contributed by atoms with Crippen LogP contribution >= 0.6 is 0 Å². The summed E-state index contributed by atoms with van der Waals surface area (Å²) in [6.07, 6.45) is 5.61. The Hall–Kier alpha value is -3.09. The third kappa shape index (κ3) is 3.52. The van der Waals surface area contributed by atoms with Gasteiger partial charge in [-0.2, -0.15) is 4.98 Å². The van der Waals surface area contributed by atoms with Gasteiger partial charge in [-0.05, 0) is 67.5 Å². The first-order chi connectivity index (χ1) is 14.1. The predicted octanol–water partition coefficient (Wildman–Crippen LogP) is 3.93. The van der Waals surface area contributed by atoms with E-state index in [1.807, 2.05) is 18.0 Å². The molecule has 7 heteroatoms. The van der Waals surface area contributed by atoms with Crippen molar-refractivity contribution >= 4 is 5.91 Å². The number of halogens is 1. The summed E-state index contributed by atoms with van der Waals surface area (Å²) in [6.45, 7) is 3.19. The van der Waals surface area contributed by atoms with Crippen LogP contribution < -0.4 is 0 Å². The van der Waals surface area contributed by atoms with Crippen molar-refractivity contribution < 1.29 is 13.7 Å². The number of carbonyl (C=O) groups excluding carboxylic acids is 1. The molecule has 1 aliphatic heterocycles. The van der Waals surface area contributed by atoms with Crippen LogP contribution in [-0.2, 0) is 17.8 Å². The first kappa shape index (κ1) is 18.0. The molecule has 0 atom stereocenters. The lowest BCUT2D eigenvalue weighted by molar-refractivity contribution is -0.132. The third-order valence-electron chi connectivity index (χ3n) is 5.71. The van der Waals surface area contributed by atoms with Gasteiger partial charge in [-0.15, -0.1) is 0 Å². The molecule has 1 saturated carbocycles. The molecule has 0 radical (unpaired) electrons. The first-order valence-electron chi connectivity index (χ1n) is 9.93. The molecule has 0 saturated heterocycles. The average Bonchev–Trinajstić information content (AvgIpc) is 3.41. The van der Waals surface area contributed by atoms with Crippen LogP contribution in [0.5, 0.6) is 0 Å². The number of hydrogen-bond acceptors (Lipinski definition) is 5. The summed E-state index contributed by atoms with van der Waals surface area (Å²) in [5, 5.41) is 4.16. The van der Waals surface area contributed by atoms with Crippen LogP contribution in [0.3, 0.4) is 0 Å². The highest BCUT2D eigenvalue weighted by Crippen LogP contribution is 2.35. The zero-order valence-electron chi connectivity index (χ0n) is 16.2. The molecule has 1 aliphatic carbocycles. The highest BCUT2D eigenvalue weighted by Gasteiger charge is 2.30. The molecule has 1 aromatic carbocycles. The summed E-state index contributed by atoms with van der Waals surface area (Å²) in [5.74, 6) is 1.32. The molecule has 6 nitrogen and oxygen atoms in total. The molecule has 3 aromatic rings. The molecule has 148 valence electrons.